The molecule has 37 heavy (non-hydrogen) atoms. The summed E-state index contributed by atoms with van der Waals surface area (Å²) in [6.07, 6.45) is 0. The van der Waals surface area contributed by atoms with E-state index in [1.807, 2.05) is 19.9 Å². The number of carbonyl (C=O) groups excluding carboxylic acids is 3. The van der Waals surface area contributed by atoms with Crippen LogP contribution in [0.15, 0.2) is 66.2 Å². The molecule has 1 fully saturated rings. The lowest BCUT2D eigenvalue weighted by Gasteiger charge is -2.26. The van der Waals surface area contributed by atoms with Gasteiger partial charge in [-0.3, -0.25) is 19.3 Å². The summed E-state index contributed by atoms with van der Waals surface area (Å²) in [5, 5.41) is 11.4. The van der Waals surface area contributed by atoms with E-state index in [4.69, 9.17) is 14.2 Å². The van der Waals surface area contributed by atoms with Crippen molar-refractivity contribution in [3.05, 3.63) is 88.5 Å². The summed E-state index contributed by atoms with van der Waals surface area (Å²) in [7, 11) is 2.95. The summed E-state index contributed by atoms with van der Waals surface area (Å²) in [5.41, 5.74) is 2.98. The van der Waals surface area contributed by atoms with E-state index >= 15 is 0 Å². The first-order valence-electron chi connectivity index (χ1n) is 11.5. The molecule has 1 aliphatic rings. The molecule has 0 aromatic heterocycles. The molecule has 3 aromatic carbocycles. The highest BCUT2D eigenvalue weighted by Gasteiger charge is 2.47. The zero-order chi connectivity index (χ0) is 26.9. The number of Topliss-reactive ketones (excluding diaryl/α,β-unsaturated/α-hetero) is 1. The third kappa shape index (κ3) is 4.91. The van der Waals surface area contributed by atoms with Crippen LogP contribution < -0.4 is 19.1 Å². The minimum atomic E-state index is -0.982. The average Bonchev–Trinajstić information content (AvgIpc) is 3.12. The number of ether oxygens (including phenoxy) is 3. The van der Waals surface area contributed by atoms with Crippen LogP contribution in [0.25, 0.3) is 5.76 Å². The van der Waals surface area contributed by atoms with Crippen molar-refractivity contribution in [3.63, 3.8) is 0 Å². The lowest BCUT2D eigenvalue weighted by Crippen LogP contribution is -2.29. The van der Waals surface area contributed by atoms with E-state index in [9.17, 15) is 19.5 Å². The molecule has 8 heteroatoms. The number of nitrogens with zero attached hydrogens (tertiary/aromatic N) is 1. The van der Waals surface area contributed by atoms with Gasteiger partial charge in [0.15, 0.2) is 11.5 Å². The molecule has 4 rings (SSSR count). The molecular weight excluding hydrogens is 474 g/mol. The van der Waals surface area contributed by atoms with Crippen molar-refractivity contribution in [2.45, 2.75) is 26.8 Å². The van der Waals surface area contributed by atoms with Crippen LogP contribution in [0.4, 0.5) is 5.69 Å². The van der Waals surface area contributed by atoms with E-state index in [0.717, 1.165) is 11.1 Å². The zero-order valence-corrected chi connectivity index (χ0v) is 21.2. The van der Waals surface area contributed by atoms with E-state index in [2.05, 4.69) is 0 Å². The van der Waals surface area contributed by atoms with E-state index in [0.29, 0.717) is 22.7 Å². The Morgan fingerprint density at radius 2 is 1.57 bits per heavy atom. The molecule has 190 valence electrons. The molecule has 1 aliphatic heterocycles. The second-order valence-corrected chi connectivity index (χ2v) is 8.75. The Morgan fingerprint density at radius 3 is 2.19 bits per heavy atom. The minimum Gasteiger partial charge on any atom is -0.507 e. The topological polar surface area (TPSA) is 102 Å². The molecule has 1 atom stereocenters. The number of aryl methyl sites for hydroxylation is 2. The lowest BCUT2D eigenvalue weighted by molar-refractivity contribution is -0.132. The van der Waals surface area contributed by atoms with Gasteiger partial charge in [0.05, 0.1) is 25.8 Å². The number of esters is 1. The van der Waals surface area contributed by atoms with Crippen molar-refractivity contribution >= 4 is 29.1 Å². The van der Waals surface area contributed by atoms with Gasteiger partial charge in [-0.05, 0) is 73.0 Å². The van der Waals surface area contributed by atoms with Gasteiger partial charge in [0.2, 0.25) is 0 Å². The van der Waals surface area contributed by atoms with Gasteiger partial charge < -0.3 is 19.3 Å². The fraction of sp³-hybridized carbons (Fsp3) is 0.207. The van der Waals surface area contributed by atoms with Crippen LogP contribution in [0, 0.1) is 13.8 Å². The Hall–Kier alpha value is -4.59. The summed E-state index contributed by atoms with van der Waals surface area (Å²) in [6.45, 7) is 5.07. The highest BCUT2D eigenvalue weighted by molar-refractivity contribution is 6.51. The number of amides is 1. The molecule has 0 radical (unpaired) electrons. The van der Waals surface area contributed by atoms with Crippen LogP contribution in [-0.4, -0.2) is 37.0 Å². The summed E-state index contributed by atoms with van der Waals surface area (Å²) in [4.78, 5) is 39.8. The Morgan fingerprint density at radius 1 is 0.892 bits per heavy atom. The lowest BCUT2D eigenvalue weighted by atomic mass is 9.94. The van der Waals surface area contributed by atoms with E-state index in [1.54, 1.807) is 48.5 Å². The van der Waals surface area contributed by atoms with Crippen LogP contribution in [-0.2, 0) is 14.4 Å². The van der Waals surface area contributed by atoms with Gasteiger partial charge in [-0.2, -0.15) is 0 Å². The second kappa shape index (κ2) is 10.2. The maximum Gasteiger partial charge on any atom is 0.308 e. The van der Waals surface area contributed by atoms with Gasteiger partial charge in [-0.15, -0.1) is 0 Å². The zero-order valence-electron chi connectivity index (χ0n) is 21.2. The summed E-state index contributed by atoms with van der Waals surface area (Å²) in [6, 6.07) is 15.8. The predicted octanol–water partition coefficient (Wildman–Crippen LogP) is 4.87. The fourth-order valence-corrected chi connectivity index (χ4v) is 4.56. The van der Waals surface area contributed by atoms with Gasteiger partial charge in [-0.25, -0.2) is 0 Å². The van der Waals surface area contributed by atoms with Crippen molar-refractivity contribution in [2.24, 2.45) is 0 Å². The number of rotatable bonds is 6. The Bertz CT molecular complexity index is 1420. The third-order valence-corrected chi connectivity index (χ3v) is 6.02. The number of methoxy groups -OCH3 is 2. The quantitative estimate of drug-likeness (QED) is 0.169. The molecule has 3 aromatic rings. The SMILES string of the molecule is COc1ccc(/C(O)=C2\C(=O)C(=O)N(c3cc(C)cc(C)c3)C2c2cccc(OC(C)=O)c2)cc1OC. The Labute approximate surface area is 214 Å². The summed E-state index contributed by atoms with van der Waals surface area (Å²) >= 11 is 0. The molecule has 8 nitrogen and oxygen atoms in total. The number of anilines is 1. The maximum absolute atomic E-state index is 13.4. The summed E-state index contributed by atoms with van der Waals surface area (Å²) in [5.74, 6) is -1.45. The average molecular weight is 502 g/mol. The van der Waals surface area contributed by atoms with Crippen LogP contribution in [0.2, 0.25) is 0 Å². The number of ketones is 1. The van der Waals surface area contributed by atoms with Crippen molar-refractivity contribution in [3.8, 4) is 17.2 Å². The van der Waals surface area contributed by atoms with Gasteiger partial charge in [0.25, 0.3) is 11.7 Å². The minimum absolute atomic E-state index is 0.101. The largest absolute Gasteiger partial charge is 0.507 e. The first-order valence-corrected chi connectivity index (χ1v) is 11.5. The van der Waals surface area contributed by atoms with Crippen LogP contribution in [0.3, 0.4) is 0 Å². The van der Waals surface area contributed by atoms with Gasteiger partial charge in [-0.1, -0.05) is 18.2 Å². The molecule has 0 saturated carbocycles. The molecule has 0 spiro atoms. The van der Waals surface area contributed by atoms with Crippen molar-refractivity contribution in [1.29, 1.82) is 0 Å². The number of hydrogen-bond acceptors (Lipinski definition) is 7. The first-order chi connectivity index (χ1) is 17.6. The molecule has 1 saturated heterocycles. The number of aliphatic hydroxyl groups is 1. The van der Waals surface area contributed by atoms with Crippen LogP contribution in [0.1, 0.15) is 35.2 Å². The normalized spacial score (nSPS) is 16.6. The van der Waals surface area contributed by atoms with E-state index in [-0.39, 0.29) is 22.6 Å². The molecule has 0 bridgehead atoms. The number of aliphatic hydroxyl groups excluding tert-OH is 1. The smallest absolute Gasteiger partial charge is 0.308 e. The Kier molecular flexibility index (Phi) is 7.02. The predicted molar refractivity (Wildman–Crippen MR) is 138 cm³/mol. The Balaban J connectivity index is 1.97. The van der Waals surface area contributed by atoms with E-state index < -0.39 is 23.7 Å². The molecule has 1 unspecified atom stereocenters. The van der Waals surface area contributed by atoms with Crippen LogP contribution >= 0.6 is 0 Å². The molecule has 1 heterocycles. The second-order valence-electron chi connectivity index (χ2n) is 8.75. The highest BCUT2D eigenvalue weighted by Crippen LogP contribution is 2.44. The van der Waals surface area contributed by atoms with Crippen LogP contribution in [0.5, 0.6) is 17.2 Å². The number of hydrogen-bond donors (Lipinski definition) is 1. The van der Waals surface area contributed by atoms with Crippen molar-refractivity contribution < 1.29 is 33.7 Å². The monoisotopic (exact) mass is 501 g/mol. The molecule has 0 aliphatic carbocycles. The number of carbonyl (C=O) groups is 3. The highest BCUT2D eigenvalue weighted by atomic mass is 16.5. The molecule has 1 amide bonds. The first kappa shape index (κ1) is 25.5. The molecular formula is C29H27NO7. The third-order valence-electron chi connectivity index (χ3n) is 6.02. The van der Waals surface area contributed by atoms with Gasteiger partial charge >= 0.3 is 5.97 Å². The van der Waals surface area contributed by atoms with Crippen molar-refractivity contribution in [2.75, 3.05) is 19.1 Å². The summed E-state index contributed by atoms with van der Waals surface area (Å²) < 4.78 is 15.9. The standard InChI is InChI=1S/C29H27NO7/c1-16-11-17(2)13-21(12-16)30-26(19-7-6-8-22(14-19)37-18(3)31)25(28(33)29(30)34)27(32)20-9-10-23(35-4)24(15-20)36-5/h6-15,26,32H,1-5H3/b27-25+. The van der Waals surface area contributed by atoms with E-state index in [1.165, 1.54) is 32.1 Å². The molecule has 1 N–H and O–H groups in total. The maximum atomic E-state index is 13.4. The van der Waals surface area contributed by atoms with Crippen molar-refractivity contribution in [1.82, 2.24) is 0 Å². The number of benzene rings is 3. The van der Waals surface area contributed by atoms with Gasteiger partial charge in [0, 0.05) is 18.2 Å². The fourth-order valence-electron chi connectivity index (χ4n) is 4.56. The van der Waals surface area contributed by atoms with Gasteiger partial charge in [0.1, 0.15) is 11.5 Å².